The second-order valence-corrected chi connectivity index (χ2v) is 5.68. The summed E-state index contributed by atoms with van der Waals surface area (Å²) in [5.41, 5.74) is 1.85. The molecule has 2 rings (SSSR count). The van der Waals surface area contributed by atoms with Crippen molar-refractivity contribution >= 4 is 22.3 Å². The Hall–Kier alpha value is -2.01. The van der Waals surface area contributed by atoms with E-state index < -0.39 is 0 Å². The van der Waals surface area contributed by atoms with Crippen LogP contribution in [-0.4, -0.2) is 27.2 Å². The van der Waals surface area contributed by atoms with Gasteiger partial charge < -0.3 is 14.8 Å². The lowest BCUT2D eigenvalue weighted by atomic mass is 10.1. The number of rotatable bonds is 6. The molecule has 0 aliphatic heterocycles. The maximum absolute atomic E-state index is 11.7. The van der Waals surface area contributed by atoms with Crippen molar-refractivity contribution in [2.75, 3.05) is 26.6 Å². The minimum absolute atomic E-state index is 0.300. The fourth-order valence-electron chi connectivity index (χ4n) is 2.07. The number of ether oxygens (including phenoxy) is 2. The van der Waals surface area contributed by atoms with Crippen LogP contribution in [-0.2, 0) is 17.6 Å². The van der Waals surface area contributed by atoms with Gasteiger partial charge in [0.05, 0.1) is 19.8 Å². The molecule has 1 aromatic carbocycles. The molecule has 5 heteroatoms. The summed E-state index contributed by atoms with van der Waals surface area (Å²) in [6, 6.07) is 9.95. The minimum atomic E-state index is -0.300. The molecule has 0 saturated carbocycles. The molecule has 0 radical (unpaired) electrons. The Kier molecular flexibility index (Phi) is 5.22. The van der Waals surface area contributed by atoms with E-state index in [1.54, 1.807) is 18.4 Å². The van der Waals surface area contributed by atoms with E-state index in [1.165, 1.54) is 12.7 Å². The number of anilines is 1. The van der Waals surface area contributed by atoms with E-state index >= 15 is 0 Å². The molecule has 112 valence electrons. The van der Waals surface area contributed by atoms with Crippen molar-refractivity contribution in [3.63, 3.8) is 0 Å². The number of carbonyl (C=O) groups is 1. The first-order chi connectivity index (χ1) is 10.2. The highest BCUT2D eigenvalue weighted by atomic mass is 32.1. The van der Waals surface area contributed by atoms with Gasteiger partial charge in [-0.2, -0.15) is 0 Å². The van der Waals surface area contributed by atoms with Crippen LogP contribution < -0.4 is 10.1 Å². The van der Waals surface area contributed by atoms with Gasteiger partial charge in [0.25, 0.3) is 0 Å². The number of hydrogen-bond donors (Lipinski definition) is 1. The molecule has 0 spiro atoms. The quantitative estimate of drug-likeness (QED) is 0.831. The lowest BCUT2D eigenvalue weighted by molar-refractivity contribution is 0.0602. The Morgan fingerprint density at radius 1 is 1.19 bits per heavy atom. The molecule has 0 atom stereocenters. The van der Waals surface area contributed by atoms with Gasteiger partial charge in [-0.05, 0) is 36.6 Å². The molecule has 0 aliphatic rings. The number of carbonyl (C=O) groups excluding carboxylic acids is 1. The van der Waals surface area contributed by atoms with Gasteiger partial charge in [0, 0.05) is 11.9 Å². The molecule has 4 nitrogen and oxygen atoms in total. The Balaban J connectivity index is 2.05. The van der Waals surface area contributed by atoms with Crippen LogP contribution in [0.1, 0.15) is 20.8 Å². The second-order valence-electron chi connectivity index (χ2n) is 4.55. The normalized spacial score (nSPS) is 10.2. The van der Waals surface area contributed by atoms with Crippen LogP contribution in [0.5, 0.6) is 5.75 Å². The highest BCUT2D eigenvalue weighted by molar-refractivity contribution is 7.16. The third-order valence-electron chi connectivity index (χ3n) is 3.23. The summed E-state index contributed by atoms with van der Waals surface area (Å²) in [4.78, 5) is 12.8. The van der Waals surface area contributed by atoms with E-state index in [9.17, 15) is 4.79 Å². The fraction of sp³-hybridized carbons (Fsp3) is 0.312. The first kappa shape index (κ1) is 15.4. The molecule has 0 saturated heterocycles. The zero-order chi connectivity index (χ0) is 15.2. The molecule has 1 N–H and O–H groups in total. The van der Waals surface area contributed by atoms with E-state index in [0.29, 0.717) is 5.56 Å². The van der Waals surface area contributed by atoms with Crippen LogP contribution >= 0.6 is 11.3 Å². The molecule has 1 aromatic heterocycles. The number of esters is 1. The summed E-state index contributed by atoms with van der Waals surface area (Å²) in [6.07, 6.45) is 1.82. The van der Waals surface area contributed by atoms with Gasteiger partial charge in [-0.15, -0.1) is 11.3 Å². The van der Waals surface area contributed by atoms with Crippen LogP contribution in [0.15, 0.2) is 30.3 Å². The predicted molar refractivity (Wildman–Crippen MR) is 85.6 cm³/mol. The monoisotopic (exact) mass is 305 g/mol. The van der Waals surface area contributed by atoms with E-state index in [1.807, 2.05) is 25.2 Å². The SMILES string of the molecule is CNc1sc(CCc2ccc(OC)cc2)cc1C(=O)OC. The van der Waals surface area contributed by atoms with Crippen LogP contribution in [0.4, 0.5) is 5.00 Å². The Bertz CT molecular complexity index is 604. The van der Waals surface area contributed by atoms with E-state index in [-0.39, 0.29) is 5.97 Å². The number of nitrogens with one attached hydrogen (secondary N) is 1. The first-order valence-corrected chi connectivity index (χ1v) is 7.51. The van der Waals surface area contributed by atoms with Gasteiger partial charge >= 0.3 is 5.97 Å². The standard InChI is InChI=1S/C16H19NO3S/c1-17-15-14(16(18)20-3)10-13(21-15)9-6-11-4-7-12(19-2)8-5-11/h4-5,7-8,10,17H,6,9H2,1-3H3. The molecule has 0 unspecified atom stereocenters. The fourth-order valence-corrected chi connectivity index (χ4v) is 3.07. The molecule has 0 fully saturated rings. The molecule has 0 aliphatic carbocycles. The summed E-state index contributed by atoms with van der Waals surface area (Å²) in [5, 5.41) is 3.90. The third-order valence-corrected chi connectivity index (χ3v) is 4.45. The lowest BCUT2D eigenvalue weighted by Gasteiger charge is -2.02. The van der Waals surface area contributed by atoms with Gasteiger partial charge in [0.2, 0.25) is 0 Å². The van der Waals surface area contributed by atoms with Crippen molar-refractivity contribution in [3.8, 4) is 5.75 Å². The lowest BCUT2D eigenvalue weighted by Crippen LogP contribution is -2.02. The highest BCUT2D eigenvalue weighted by Crippen LogP contribution is 2.29. The van der Waals surface area contributed by atoms with Crippen molar-refractivity contribution < 1.29 is 14.3 Å². The molecule has 1 heterocycles. The van der Waals surface area contributed by atoms with Gasteiger partial charge in [0.15, 0.2) is 0 Å². The molecular formula is C16H19NO3S. The van der Waals surface area contributed by atoms with Crippen molar-refractivity contribution in [1.82, 2.24) is 0 Å². The third kappa shape index (κ3) is 3.76. The largest absolute Gasteiger partial charge is 0.497 e. The summed E-state index contributed by atoms with van der Waals surface area (Å²) in [5.74, 6) is 0.562. The van der Waals surface area contributed by atoms with Gasteiger partial charge in [-0.3, -0.25) is 0 Å². The minimum Gasteiger partial charge on any atom is -0.497 e. The maximum Gasteiger partial charge on any atom is 0.340 e. The average molecular weight is 305 g/mol. The zero-order valence-corrected chi connectivity index (χ0v) is 13.3. The Labute approximate surface area is 128 Å². The number of benzene rings is 1. The van der Waals surface area contributed by atoms with Crippen molar-refractivity contribution in [1.29, 1.82) is 0 Å². The smallest absolute Gasteiger partial charge is 0.340 e. The molecule has 21 heavy (non-hydrogen) atoms. The van der Waals surface area contributed by atoms with Gasteiger partial charge in [-0.25, -0.2) is 4.79 Å². The van der Waals surface area contributed by atoms with Crippen molar-refractivity contribution in [2.24, 2.45) is 0 Å². The Morgan fingerprint density at radius 3 is 2.48 bits per heavy atom. The number of methoxy groups -OCH3 is 2. The number of thiophene rings is 1. The highest BCUT2D eigenvalue weighted by Gasteiger charge is 2.15. The zero-order valence-electron chi connectivity index (χ0n) is 12.4. The summed E-state index contributed by atoms with van der Waals surface area (Å²) in [7, 11) is 4.87. The summed E-state index contributed by atoms with van der Waals surface area (Å²) in [6.45, 7) is 0. The molecule has 0 amide bonds. The van der Waals surface area contributed by atoms with Gasteiger partial charge in [0.1, 0.15) is 10.8 Å². The maximum atomic E-state index is 11.7. The molecule has 0 bridgehead atoms. The second kappa shape index (κ2) is 7.13. The molecule has 2 aromatic rings. The van der Waals surface area contributed by atoms with Crippen molar-refractivity contribution in [2.45, 2.75) is 12.8 Å². The van der Waals surface area contributed by atoms with Crippen LogP contribution in [0.25, 0.3) is 0 Å². The Morgan fingerprint density at radius 2 is 1.90 bits per heavy atom. The van der Waals surface area contributed by atoms with Crippen LogP contribution in [0.3, 0.4) is 0 Å². The summed E-state index contributed by atoms with van der Waals surface area (Å²) >= 11 is 1.59. The van der Waals surface area contributed by atoms with Gasteiger partial charge in [-0.1, -0.05) is 12.1 Å². The van der Waals surface area contributed by atoms with Crippen LogP contribution in [0, 0.1) is 0 Å². The number of aryl methyl sites for hydroxylation is 2. The predicted octanol–water partition coefficient (Wildman–Crippen LogP) is 3.37. The van der Waals surface area contributed by atoms with Crippen LogP contribution in [0.2, 0.25) is 0 Å². The average Bonchev–Trinajstić information content (AvgIpc) is 2.96. The van der Waals surface area contributed by atoms with Crippen molar-refractivity contribution in [3.05, 3.63) is 46.3 Å². The van der Waals surface area contributed by atoms with E-state index in [0.717, 1.165) is 28.5 Å². The topological polar surface area (TPSA) is 47.6 Å². The van der Waals surface area contributed by atoms with E-state index in [4.69, 9.17) is 9.47 Å². The van der Waals surface area contributed by atoms with E-state index in [2.05, 4.69) is 17.4 Å². The first-order valence-electron chi connectivity index (χ1n) is 6.69. The molecular weight excluding hydrogens is 286 g/mol. The summed E-state index contributed by atoms with van der Waals surface area (Å²) < 4.78 is 9.94. The number of hydrogen-bond acceptors (Lipinski definition) is 5.